The van der Waals surface area contributed by atoms with Crippen molar-refractivity contribution in [1.82, 2.24) is 24.5 Å². The number of alkyl halides is 2. The molecule has 0 aliphatic carbocycles. The number of nitrogens with one attached hydrogen (secondary N) is 1. The summed E-state index contributed by atoms with van der Waals surface area (Å²) in [4.78, 5) is 16.4. The fraction of sp³-hybridized carbons (Fsp3) is 0.250. The van der Waals surface area contributed by atoms with Gasteiger partial charge in [-0.15, -0.1) is 0 Å². The number of rotatable bonds is 5. The molecule has 3 rings (SSSR count). The molecule has 3 aromatic heterocycles. The van der Waals surface area contributed by atoms with Crippen LogP contribution in [0.2, 0.25) is 0 Å². The highest BCUT2D eigenvalue weighted by molar-refractivity contribution is 6.03. The molecular formula is C16H16F2N6O. The van der Waals surface area contributed by atoms with Gasteiger partial charge in [0, 0.05) is 24.2 Å². The molecule has 1 N–H and O–H groups in total. The van der Waals surface area contributed by atoms with E-state index in [9.17, 15) is 13.6 Å². The molecule has 0 aliphatic rings. The van der Waals surface area contributed by atoms with E-state index in [1.165, 1.54) is 18.5 Å². The number of aryl methyl sites for hydroxylation is 2. The molecule has 0 aromatic carbocycles. The Hall–Kier alpha value is -3.10. The molecule has 0 atom stereocenters. The summed E-state index contributed by atoms with van der Waals surface area (Å²) in [5, 5.41) is 10.7. The fourth-order valence-corrected chi connectivity index (χ4v) is 2.37. The Morgan fingerprint density at radius 2 is 2.04 bits per heavy atom. The van der Waals surface area contributed by atoms with Gasteiger partial charge in [0.1, 0.15) is 6.54 Å². The molecule has 7 nitrogen and oxygen atoms in total. The molecule has 0 saturated carbocycles. The number of anilines is 1. The van der Waals surface area contributed by atoms with Gasteiger partial charge in [-0.25, -0.2) is 18.4 Å². The van der Waals surface area contributed by atoms with Gasteiger partial charge in [0.15, 0.2) is 11.6 Å². The van der Waals surface area contributed by atoms with Crippen molar-refractivity contribution in [2.24, 2.45) is 0 Å². The third-order valence-electron chi connectivity index (χ3n) is 3.44. The van der Waals surface area contributed by atoms with Gasteiger partial charge in [0.25, 0.3) is 12.3 Å². The van der Waals surface area contributed by atoms with E-state index in [4.69, 9.17) is 0 Å². The summed E-state index contributed by atoms with van der Waals surface area (Å²) >= 11 is 0. The minimum Gasteiger partial charge on any atom is -0.305 e. The lowest BCUT2D eigenvalue weighted by Crippen LogP contribution is -2.14. The summed E-state index contributed by atoms with van der Waals surface area (Å²) in [6.07, 6.45) is 0.304. The van der Waals surface area contributed by atoms with Crippen molar-refractivity contribution < 1.29 is 13.6 Å². The van der Waals surface area contributed by atoms with Crippen LogP contribution in [0.1, 0.15) is 21.7 Å². The quantitative estimate of drug-likeness (QED) is 0.770. The molecule has 0 bridgehead atoms. The minimum absolute atomic E-state index is 0.202. The first-order valence-corrected chi connectivity index (χ1v) is 7.55. The lowest BCUT2D eigenvalue weighted by atomic mass is 10.2. The molecule has 3 heterocycles. The van der Waals surface area contributed by atoms with Crippen molar-refractivity contribution in [3.63, 3.8) is 0 Å². The van der Waals surface area contributed by atoms with Crippen molar-refractivity contribution in [3.05, 3.63) is 53.6 Å². The number of hydrogen-bond donors (Lipinski definition) is 1. The Kier molecular flexibility index (Phi) is 4.55. The second-order valence-electron chi connectivity index (χ2n) is 5.51. The van der Waals surface area contributed by atoms with E-state index in [-0.39, 0.29) is 5.82 Å². The standard InChI is InChI=1S/C16H16F2N6O/c1-10-7-11(2)24(21-10)15-4-3-12(8-19-15)16(25)20-14-5-6-23(22-14)9-13(17)18/h3-8,13H,9H2,1-2H3,(H,20,22,25). The summed E-state index contributed by atoms with van der Waals surface area (Å²) in [5.41, 5.74) is 2.14. The second-order valence-corrected chi connectivity index (χ2v) is 5.51. The highest BCUT2D eigenvalue weighted by atomic mass is 19.3. The first-order chi connectivity index (χ1) is 11.9. The molecule has 0 fully saturated rings. The predicted octanol–water partition coefficient (Wildman–Crippen LogP) is 2.60. The third kappa shape index (κ3) is 3.87. The van der Waals surface area contributed by atoms with Gasteiger partial charge in [0.05, 0.1) is 11.3 Å². The molecule has 0 saturated heterocycles. The predicted molar refractivity (Wildman–Crippen MR) is 87.0 cm³/mol. The van der Waals surface area contributed by atoms with Crippen LogP contribution in [0.5, 0.6) is 0 Å². The molecular weight excluding hydrogens is 330 g/mol. The zero-order valence-electron chi connectivity index (χ0n) is 13.6. The molecule has 0 radical (unpaired) electrons. The van der Waals surface area contributed by atoms with E-state index < -0.39 is 18.9 Å². The molecule has 0 spiro atoms. The van der Waals surface area contributed by atoms with Gasteiger partial charge < -0.3 is 5.32 Å². The Balaban J connectivity index is 1.70. The van der Waals surface area contributed by atoms with E-state index in [1.807, 2.05) is 19.9 Å². The SMILES string of the molecule is Cc1cc(C)n(-c2ccc(C(=O)Nc3ccn(CC(F)F)n3)cn2)n1. The van der Waals surface area contributed by atoms with Gasteiger partial charge in [-0.05, 0) is 32.0 Å². The minimum atomic E-state index is -2.51. The zero-order valence-corrected chi connectivity index (χ0v) is 13.6. The molecule has 0 aliphatic heterocycles. The summed E-state index contributed by atoms with van der Waals surface area (Å²) in [5.74, 6) is 0.381. The summed E-state index contributed by atoms with van der Waals surface area (Å²) in [6, 6.07) is 6.68. The van der Waals surface area contributed by atoms with Crippen LogP contribution in [0.25, 0.3) is 5.82 Å². The maximum atomic E-state index is 12.3. The maximum absolute atomic E-state index is 12.3. The van der Waals surface area contributed by atoms with Crippen molar-refractivity contribution in [2.45, 2.75) is 26.8 Å². The van der Waals surface area contributed by atoms with Crippen LogP contribution in [0.4, 0.5) is 14.6 Å². The average Bonchev–Trinajstić information content (AvgIpc) is 3.12. The Morgan fingerprint density at radius 3 is 2.64 bits per heavy atom. The summed E-state index contributed by atoms with van der Waals surface area (Å²) < 4.78 is 27.4. The van der Waals surface area contributed by atoms with E-state index >= 15 is 0 Å². The van der Waals surface area contributed by atoms with Crippen LogP contribution >= 0.6 is 0 Å². The van der Waals surface area contributed by atoms with E-state index in [2.05, 4.69) is 20.5 Å². The van der Waals surface area contributed by atoms with Crippen molar-refractivity contribution in [1.29, 1.82) is 0 Å². The van der Waals surface area contributed by atoms with Gasteiger partial charge >= 0.3 is 0 Å². The molecule has 25 heavy (non-hydrogen) atoms. The third-order valence-corrected chi connectivity index (χ3v) is 3.44. The van der Waals surface area contributed by atoms with E-state index in [0.29, 0.717) is 11.4 Å². The van der Waals surface area contributed by atoms with Crippen LogP contribution in [0.3, 0.4) is 0 Å². The number of halogens is 2. The molecule has 1 amide bonds. The number of aromatic nitrogens is 5. The number of carbonyl (C=O) groups is 1. The van der Waals surface area contributed by atoms with Crippen molar-refractivity contribution in [3.8, 4) is 5.82 Å². The first-order valence-electron chi connectivity index (χ1n) is 7.55. The van der Waals surface area contributed by atoms with Crippen LogP contribution in [-0.4, -0.2) is 36.9 Å². The average molecular weight is 346 g/mol. The number of carbonyl (C=O) groups excluding carboxylic acids is 1. The van der Waals surface area contributed by atoms with Crippen LogP contribution in [-0.2, 0) is 6.54 Å². The van der Waals surface area contributed by atoms with Crippen LogP contribution in [0.15, 0.2) is 36.7 Å². The summed E-state index contributed by atoms with van der Waals surface area (Å²) in [6.45, 7) is 3.28. The lowest BCUT2D eigenvalue weighted by Gasteiger charge is -2.05. The number of amides is 1. The van der Waals surface area contributed by atoms with Crippen LogP contribution < -0.4 is 5.32 Å². The highest BCUT2D eigenvalue weighted by Crippen LogP contribution is 2.12. The topological polar surface area (TPSA) is 77.6 Å². The van der Waals surface area contributed by atoms with Gasteiger partial charge in [-0.3, -0.25) is 9.48 Å². The van der Waals surface area contributed by atoms with E-state index in [1.54, 1.807) is 16.8 Å². The lowest BCUT2D eigenvalue weighted by molar-refractivity contribution is 0.102. The number of pyridine rings is 1. The van der Waals surface area contributed by atoms with E-state index in [0.717, 1.165) is 16.1 Å². The largest absolute Gasteiger partial charge is 0.305 e. The molecule has 9 heteroatoms. The Morgan fingerprint density at radius 1 is 1.24 bits per heavy atom. The number of hydrogen-bond acceptors (Lipinski definition) is 4. The Bertz CT molecular complexity index is 884. The maximum Gasteiger partial charge on any atom is 0.258 e. The van der Waals surface area contributed by atoms with Crippen molar-refractivity contribution >= 4 is 11.7 Å². The fourth-order valence-electron chi connectivity index (χ4n) is 2.37. The first kappa shape index (κ1) is 16.7. The Labute approximate surface area is 142 Å². The molecule has 3 aromatic rings. The summed E-state index contributed by atoms with van der Waals surface area (Å²) in [7, 11) is 0. The smallest absolute Gasteiger partial charge is 0.258 e. The van der Waals surface area contributed by atoms with Crippen LogP contribution in [0, 0.1) is 13.8 Å². The van der Waals surface area contributed by atoms with Gasteiger partial charge in [0.2, 0.25) is 0 Å². The monoisotopic (exact) mass is 346 g/mol. The normalized spacial score (nSPS) is 11.1. The number of nitrogens with zero attached hydrogens (tertiary/aromatic N) is 5. The molecule has 130 valence electrons. The second kappa shape index (κ2) is 6.80. The highest BCUT2D eigenvalue weighted by Gasteiger charge is 2.11. The van der Waals surface area contributed by atoms with Gasteiger partial charge in [-0.1, -0.05) is 0 Å². The molecule has 0 unspecified atom stereocenters. The zero-order chi connectivity index (χ0) is 18.0. The van der Waals surface area contributed by atoms with Crippen molar-refractivity contribution in [2.75, 3.05) is 5.32 Å². The van der Waals surface area contributed by atoms with Gasteiger partial charge in [-0.2, -0.15) is 10.2 Å².